The van der Waals surface area contributed by atoms with Gasteiger partial charge in [0.05, 0.1) is 11.4 Å². The van der Waals surface area contributed by atoms with Crippen molar-refractivity contribution < 1.29 is 14.4 Å². The van der Waals surface area contributed by atoms with E-state index < -0.39 is 23.6 Å². The number of aromatic nitrogens is 2. The highest BCUT2D eigenvalue weighted by molar-refractivity contribution is 6.38. The Morgan fingerprint density at radius 3 is 2.26 bits per heavy atom. The largest absolute Gasteiger partial charge is 0.363 e. The van der Waals surface area contributed by atoms with Crippen molar-refractivity contribution in [1.29, 1.82) is 0 Å². The number of hydrogen-bond donors (Lipinski definition) is 2. The average Bonchev–Trinajstić information content (AvgIpc) is 3.25. The third-order valence-electron chi connectivity index (χ3n) is 5.65. The summed E-state index contributed by atoms with van der Waals surface area (Å²) in [6.07, 6.45) is 0.143. The van der Waals surface area contributed by atoms with Gasteiger partial charge in [0, 0.05) is 6.42 Å². The van der Waals surface area contributed by atoms with Crippen LogP contribution in [-0.4, -0.2) is 33.4 Å². The summed E-state index contributed by atoms with van der Waals surface area (Å²) in [6.45, 7) is 3.82. The number of benzene rings is 3. The first-order valence-electron chi connectivity index (χ1n) is 11.2. The predicted octanol–water partition coefficient (Wildman–Crippen LogP) is 3.55. The number of nitrogens with two attached hydrogens (primary N) is 1. The van der Waals surface area contributed by atoms with Gasteiger partial charge in [0.25, 0.3) is 11.8 Å². The van der Waals surface area contributed by atoms with Gasteiger partial charge in [-0.15, -0.1) is 0 Å². The van der Waals surface area contributed by atoms with E-state index in [0.717, 1.165) is 22.3 Å². The molecule has 4 rings (SSSR count). The smallest absolute Gasteiger partial charge is 0.287 e. The first kappa shape index (κ1) is 23.6. The summed E-state index contributed by atoms with van der Waals surface area (Å²) in [5.41, 5.74) is 10.8. The number of primary amides is 1. The van der Waals surface area contributed by atoms with Crippen LogP contribution in [-0.2, 0) is 16.0 Å². The lowest BCUT2D eigenvalue weighted by Gasteiger charge is -2.17. The van der Waals surface area contributed by atoms with E-state index >= 15 is 0 Å². The quantitative estimate of drug-likeness (QED) is 0.387. The van der Waals surface area contributed by atoms with E-state index in [0.29, 0.717) is 11.4 Å². The van der Waals surface area contributed by atoms with E-state index in [9.17, 15) is 14.4 Å². The lowest BCUT2D eigenvalue weighted by molar-refractivity contribution is -0.137. The van der Waals surface area contributed by atoms with Crippen LogP contribution in [0, 0.1) is 13.8 Å². The number of Topliss-reactive ketones (excluding diaryl/α,β-unsaturated/α-hetero) is 1. The van der Waals surface area contributed by atoms with Crippen molar-refractivity contribution in [2.45, 2.75) is 26.3 Å². The number of nitrogens with zero attached hydrogens (tertiary/aromatic N) is 2. The van der Waals surface area contributed by atoms with Crippen molar-refractivity contribution in [3.8, 4) is 16.8 Å². The van der Waals surface area contributed by atoms with Gasteiger partial charge >= 0.3 is 0 Å². The second kappa shape index (κ2) is 10.2. The van der Waals surface area contributed by atoms with E-state index in [4.69, 9.17) is 5.73 Å². The Kier molecular flexibility index (Phi) is 6.87. The van der Waals surface area contributed by atoms with Crippen LogP contribution in [0.5, 0.6) is 0 Å². The summed E-state index contributed by atoms with van der Waals surface area (Å²) in [7, 11) is 0. The maximum absolute atomic E-state index is 13.3. The van der Waals surface area contributed by atoms with Gasteiger partial charge in [-0.25, -0.2) is 4.68 Å². The van der Waals surface area contributed by atoms with Gasteiger partial charge in [-0.1, -0.05) is 72.3 Å². The SMILES string of the molecule is Cc1cccc(-c2cccc(-n3nc(C)cc3C(=O)N[C@@H](Cc3ccccc3)C(=O)C(N)=O)c2)c1. The van der Waals surface area contributed by atoms with Crippen LogP contribution >= 0.6 is 0 Å². The maximum Gasteiger partial charge on any atom is 0.287 e. The van der Waals surface area contributed by atoms with Gasteiger partial charge in [0.15, 0.2) is 0 Å². The molecule has 0 bridgehead atoms. The number of aryl methyl sites for hydroxylation is 2. The summed E-state index contributed by atoms with van der Waals surface area (Å²) in [5, 5.41) is 7.19. The number of carbonyl (C=O) groups excluding carboxylic acids is 3. The van der Waals surface area contributed by atoms with E-state index in [2.05, 4.69) is 16.5 Å². The topological polar surface area (TPSA) is 107 Å². The number of nitrogens with one attached hydrogen (secondary N) is 1. The monoisotopic (exact) mass is 466 g/mol. The normalized spacial score (nSPS) is 11.6. The van der Waals surface area contributed by atoms with Crippen molar-refractivity contribution >= 4 is 17.6 Å². The standard InChI is InChI=1S/C28H26N4O3/c1-18-8-6-11-21(14-18)22-12-7-13-23(17-22)32-25(15-19(2)31-32)28(35)30-24(26(33)27(29)34)16-20-9-4-3-5-10-20/h3-15,17,24H,16H2,1-2H3,(H2,29,34)(H,30,35)/t24-/m0/s1. The molecular formula is C28H26N4O3. The van der Waals surface area contributed by atoms with E-state index in [1.54, 1.807) is 13.0 Å². The molecule has 0 spiro atoms. The third-order valence-corrected chi connectivity index (χ3v) is 5.65. The highest BCUT2D eigenvalue weighted by Crippen LogP contribution is 2.24. The first-order valence-corrected chi connectivity index (χ1v) is 11.2. The predicted molar refractivity (Wildman–Crippen MR) is 134 cm³/mol. The molecule has 0 fully saturated rings. The van der Waals surface area contributed by atoms with Gasteiger partial charge in [-0.2, -0.15) is 5.10 Å². The van der Waals surface area contributed by atoms with Gasteiger partial charge < -0.3 is 11.1 Å². The third kappa shape index (κ3) is 5.52. The fraction of sp³-hybridized carbons (Fsp3) is 0.143. The Hall–Kier alpha value is -4.52. The number of amides is 2. The van der Waals surface area contributed by atoms with Crippen molar-refractivity contribution in [3.63, 3.8) is 0 Å². The molecule has 1 aromatic heterocycles. The molecule has 2 amide bonds. The van der Waals surface area contributed by atoms with Gasteiger partial charge in [0.2, 0.25) is 5.78 Å². The van der Waals surface area contributed by atoms with Crippen LogP contribution in [0.25, 0.3) is 16.8 Å². The summed E-state index contributed by atoms with van der Waals surface area (Å²) in [5.74, 6) is -2.48. The molecule has 1 atom stereocenters. The minimum absolute atomic E-state index is 0.143. The Morgan fingerprint density at radius 1 is 0.886 bits per heavy atom. The summed E-state index contributed by atoms with van der Waals surface area (Å²) >= 11 is 0. The summed E-state index contributed by atoms with van der Waals surface area (Å²) in [6, 6.07) is 25.5. The molecule has 0 aliphatic carbocycles. The number of ketones is 1. The molecule has 0 unspecified atom stereocenters. The molecule has 176 valence electrons. The lowest BCUT2D eigenvalue weighted by Crippen LogP contribution is -2.47. The Bertz CT molecular complexity index is 1390. The second-order valence-electron chi connectivity index (χ2n) is 8.45. The highest BCUT2D eigenvalue weighted by atomic mass is 16.2. The van der Waals surface area contributed by atoms with Crippen molar-refractivity contribution in [3.05, 3.63) is 107 Å². The molecule has 0 aliphatic heterocycles. The van der Waals surface area contributed by atoms with Crippen molar-refractivity contribution in [1.82, 2.24) is 15.1 Å². The van der Waals surface area contributed by atoms with Gasteiger partial charge in [-0.05, 0) is 48.7 Å². The van der Waals surface area contributed by atoms with E-state index in [1.165, 1.54) is 4.68 Å². The minimum Gasteiger partial charge on any atom is -0.363 e. The van der Waals surface area contributed by atoms with Crippen LogP contribution < -0.4 is 11.1 Å². The molecule has 0 radical (unpaired) electrons. The van der Waals surface area contributed by atoms with Crippen LogP contribution in [0.4, 0.5) is 0 Å². The summed E-state index contributed by atoms with van der Waals surface area (Å²) < 4.78 is 1.54. The number of carbonyl (C=O) groups is 3. The lowest BCUT2D eigenvalue weighted by atomic mass is 10.0. The van der Waals surface area contributed by atoms with Crippen LogP contribution in [0.3, 0.4) is 0 Å². The van der Waals surface area contributed by atoms with E-state index in [1.807, 2.05) is 79.7 Å². The molecule has 7 heteroatoms. The highest BCUT2D eigenvalue weighted by Gasteiger charge is 2.27. The second-order valence-corrected chi connectivity index (χ2v) is 8.45. The van der Waals surface area contributed by atoms with Gasteiger partial charge in [-0.3, -0.25) is 14.4 Å². The Balaban J connectivity index is 1.65. The zero-order valence-electron chi connectivity index (χ0n) is 19.6. The maximum atomic E-state index is 13.3. The van der Waals surface area contributed by atoms with Gasteiger partial charge in [0.1, 0.15) is 11.7 Å². The fourth-order valence-corrected chi connectivity index (χ4v) is 3.96. The van der Waals surface area contributed by atoms with Crippen LogP contribution in [0.1, 0.15) is 27.3 Å². The molecular weight excluding hydrogens is 440 g/mol. The Labute approximate surface area is 203 Å². The molecule has 7 nitrogen and oxygen atoms in total. The number of rotatable bonds is 8. The fourth-order valence-electron chi connectivity index (χ4n) is 3.96. The molecule has 35 heavy (non-hydrogen) atoms. The molecule has 0 aliphatic rings. The molecule has 3 aromatic carbocycles. The van der Waals surface area contributed by atoms with Crippen LogP contribution in [0.2, 0.25) is 0 Å². The number of hydrogen-bond acceptors (Lipinski definition) is 4. The Morgan fingerprint density at radius 2 is 1.57 bits per heavy atom. The molecule has 3 N–H and O–H groups in total. The van der Waals surface area contributed by atoms with Crippen molar-refractivity contribution in [2.75, 3.05) is 0 Å². The average molecular weight is 467 g/mol. The molecule has 0 saturated heterocycles. The van der Waals surface area contributed by atoms with Crippen molar-refractivity contribution in [2.24, 2.45) is 5.73 Å². The van der Waals surface area contributed by atoms with Crippen LogP contribution in [0.15, 0.2) is 84.9 Å². The molecule has 4 aromatic rings. The first-order chi connectivity index (χ1) is 16.8. The minimum atomic E-state index is -1.10. The molecule has 1 heterocycles. The molecule has 0 saturated carbocycles. The zero-order valence-corrected chi connectivity index (χ0v) is 19.6. The summed E-state index contributed by atoms with van der Waals surface area (Å²) in [4.78, 5) is 37.4. The van der Waals surface area contributed by atoms with E-state index in [-0.39, 0.29) is 12.1 Å². The zero-order chi connectivity index (χ0) is 24.9.